The van der Waals surface area contributed by atoms with Crippen LogP contribution in [-0.2, 0) is 20.0 Å². The van der Waals surface area contributed by atoms with Gasteiger partial charge < -0.3 is 10.1 Å². The van der Waals surface area contributed by atoms with Crippen molar-refractivity contribution in [2.24, 2.45) is 7.05 Å². The van der Waals surface area contributed by atoms with E-state index in [9.17, 15) is 0 Å². The number of nitrogens with zero attached hydrogens (tertiary/aromatic N) is 2. The predicted octanol–water partition coefficient (Wildman–Crippen LogP) is 3.91. The standard InChI is InChI=1S/C14H17Cl2N3O/c1-4-10-14(16)12(19(2)18-10)8-17-11-7-9(15)5-6-13(11)20-3/h5-7,17H,4,8H2,1-3H3. The van der Waals surface area contributed by atoms with E-state index < -0.39 is 0 Å². The third-order valence-electron chi connectivity index (χ3n) is 3.11. The number of hydrogen-bond donors (Lipinski definition) is 1. The molecule has 6 heteroatoms. The van der Waals surface area contributed by atoms with Crippen molar-refractivity contribution in [2.45, 2.75) is 19.9 Å². The minimum Gasteiger partial charge on any atom is -0.495 e. The average Bonchev–Trinajstić information content (AvgIpc) is 2.71. The summed E-state index contributed by atoms with van der Waals surface area (Å²) in [5.41, 5.74) is 2.67. The van der Waals surface area contributed by atoms with Crippen molar-refractivity contribution in [1.29, 1.82) is 0 Å². The first-order chi connectivity index (χ1) is 9.56. The molecule has 0 fully saturated rings. The maximum Gasteiger partial charge on any atom is 0.142 e. The van der Waals surface area contributed by atoms with E-state index in [1.54, 1.807) is 17.9 Å². The second-order valence-corrected chi connectivity index (χ2v) is 5.20. The van der Waals surface area contributed by atoms with Crippen LogP contribution in [0.4, 0.5) is 5.69 Å². The Morgan fingerprint density at radius 3 is 2.70 bits per heavy atom. The molecule has 0 radical (unpaired) electrons. The van der Waals surface area contributed by atoms with Crippen LogP contribution < -0.4 is 10.1 Å². The van der Waals surface area contributed by atoms with Crippen molar-refractivity contribution in [3.8, 4) is 5.75 Å². The zero-order valence-corrected chi connectivity index (χ0v) is 13.2. The van der Waals surface area contributed by atoms with Crippen molar-refractivity contribution in [3.05, 3.63) is 39.6 Å². The molecule has 4 nitrogen and oxygen atoms in total. The minimum atomic E-state index is 0.555. The Morgan fingerprint density at radius 1 is 1.35 bits per heavy atom. The summed E-state index contributed by atoms with van der Waals surface area (Å²) in [5.74, 6) is 0.739. The van der Waals surface area contributed by atoms with E-state index in [-0.39, 0.29) is 0 Å². The van der Waals surface area contributed by atoms with Crippen LogP contribution in [0, 0.1) is 0 Å². The van der Waals surface area contributed by atoms with Gasteiger partial charge in [0.2, 0.25) is 0 Å². The number of ether oxygens (including phenoxy) is 1. The van der Waals surface area contributed by atoms with Crippen LogP contribution in [0.5, 0.6) is 5.75 Å². The van der Waals surface area contributed by atoms with Gasteiger partial charge in [-0.1, -0.05) is 30.1 Å². The number of methoxy groups -OCH3 is 1. The van der Waals surface area contributed by atoms with Gasteiger partial charge in [-0.15, -0.1) is 0 Å². The summed E-state index contributed by atoms with van der Waals surface area (Å²) >= 11 is 12.3. The number of halogens is 2. The summed E-state index contributed by atoms with van der Waals surface area (Å²) in [6.45, 7) is 2.59. The molecule has 0 bridgehead atoms. The molecular formula is C14H17Cl2N3O. The maximum atomic E-state index is 6.32. The van der Waals surface area contributed by atoms with Crippen LogP contribution in [0.2, 0.25) is 10.0 Å². The number of benzene rings is 1. The summed E-state index contributed by atoms with van der Waals surface area (Å²) in [6.07, 6.45) is 0.813. The number of hydrogen-bond acceptors (Lipinski definition) is 3. The van der Waals surface area contributed by atoms with Crippen molar-refractivity contribution >= 4 is 28.9 Å². The molecule has 0 aliphatic heterocycles. The lowest BCUT2D eigenvalue weighted by atomic mass is 10.2. The van der Waals surface area contributed by atoms with Gasteiger partial charge in [-0.25, -0.2) is 0 Å². The van der Waals surface area contributed by atoms with Gasteiger partial charge in [-0.3, -0.25) is 4.68 Å². The molecule has 0 saturated carbocycles. The number of aryl methyl sites for hydroxylation is 2. The third-order valence-corrected chi connectivity index (χ3v) is 3.78. The SMILES string of the molecule is CCc1nn(C)c(CNc2cc(Cl)ccc2OC)c1Cl. The van der Waals surface area contributed by atoms with Gasteiger partial charge in [-0.2, -0.15) is 5.10 Å². The minimum absolute atomic E-state index is 0.555. The number of anilines is 1. The largest absolute Gasteiger partial charge is 0.495 e. The first-order valence-corrected chi connectivity index (χ1v) is 7.10. The van der Waals surface area contributed by atoms with Crippen molar-refractivity contribution < 1.29 is 4.74 Å². The molecule has 0 atom stereocenters. The fourth-order valence-corrected chi connectivity index (χ4v) is 2.54. The van der Waals surface area contributed by atoms with Crippen molar-refractivity contribution in [2.75, 3.05) is 12.4 Å². The third kappa shape index (κ3) is 3.02. The fourth-order valence-electron chi connectivity index (χ4n) is 2.01. The summed E-state index contributed by atoms with van der Waals surface area (Å²) in [7, 11) is 3.51. The zero-order valence-electron chi connectivity index (χ0n) is 11.7. The summed E-state index contributed by atoms with van der Waals surface area (Å²) < 4.78 is 7.10. The topological polar surface area (TPSA) is 39.1 Å². The van der Waals surface area contributed by atoms with E-state index in [4.69, 9.17) is 27.9 Å². The van der Waals surface area contributed by atoms with Crippen molar-refractivity contribution in [1.82, 2.24) is 9.78 Å². The molecule has 1 aromatic carbocycles. The normalized spacial score (nSPS) is 10.7. The molecule has 0 aliphatic rings. The lowest BCUT2D eigenvalue weighted by molar-refractivity contribution is 0.416. The Kier molecular flexibility index (Phi) is 4.78. The van der Waals surface area contributed by atoms with Gasteiger partial charge in [0.25, 0.3) is 0 Å². The Balaban J connectivity index is 2.21. The second-order valence-electron chi connectivity index (χ2n) is 4.38. The van der Waals surface area contributed by atoms with E-state index in [1.807, 2.05) is 26.1 Å². The van der Waals surface area contributed by atoms with Gasteiger partial charge >= 0.3 is 0 Å². The number of nitrogens with one attached hydrogen (secondary N) is 1. The second kappa shape index (κ2) is 6.37. The van der Waals surface area contributed by atoms with E-state index >= 15 is 0 Å². The molecule has 1 heterocycles. The highest BCUT2D eigenvalue weighted by molar-refractivity contribution is 6.32. The van der Waals surface area contributed by atoms with E-state index in [1.165, 1.54) is 0 Å². The van der Waals surface area contributed by atoms with Crippen LogP contribution >= 0.6 is 23.2 Å². The molecule has 108 valence electrons. The van der Waals surface area contributed by atoms with Crippen LogP contribution in [0.1, 0.15) is 18.3 Å². The highest BCUT2D eigenvalue weighted by Gasteiger charge is 2.13. The molecular weight excluding hydrogens is 297 g/mol. The highest BCUT2D eigenvalue weighted by atomic mass is 35.5. The van der Waals surface area contributed by atoms with Crippen LogP contribution in [0.25, 0.3) is 0 Å². The van der Waals surface area contributed by atoms with Gasteiger partial charge in [0.1, 0.15) is 5.75 Å². The lowest BCUT2D eigenvalue weighted by Gasteiger charge is -2.12. The Hall–Kier alpha value is -1.39. The molecule has 0 spiro atoms. The lowest BCUT2D eigenvalue weighted by Crippen LogP contribution is -2.06. The molecule has 2 rings (SSSR count). The van der Waals surface area contributed by atoms with Gasteiger partial charge in [0, 0.05) is 12.1 Å². The first-order valence-electron chi connectivity index (χ1n) is 6.34. The fraction of sp³-hybridized carbons (Fsp3) is 0.357. The van der Waals surface area contributed by atoms with E-state index in [2.05, 4.69) is 10.4 Å². The quantitative estimate of drug-likeness (QED) is 0.909. The summed E-state index contributed by atoms with van der Waals surface area (Å²) in [5, 5.41) is 9.04. The van der Waals surface area contributed by atoms with Crippen molar-refractivity contribution in [3.63, 3.8) is 0 Å². The Morgan fingerprint density at radius 2 is 2.10 bits per heavy atom. The predicted molar refractivity (Wildman–Crippen MR) is 82.9 cm³/mol. The molecule has 1 aromatic heterocycles. The molecule has 0 amide bonds. The summed E-state index contributed by atoms with van der Waals surface area (Å²) in [4.78, 5) is 0. The molecule has 20 heavy (non-hydrogen) atoms. The van der Waals surface area contributed by atoms with Gasteiger partial charge in [0.15, 0.2) is 0 Å². The molecule has 0 unspecified atom stereocenters. The Labute approximate surface area is 128 Å². The molecule has 0 aliphatic carbocycles. The van der Waals surface area contributed by atoms with Crippen LogP contribution in [0.15, 0.2) is 18.2 Å². The highest BCUT2D eigenvalue weighted by Crippen LogP contribution is 2.29. The van der Waals surface area contributed by atoms with E-state index in [0.29, 0.717) is 16.6 Å². The number of rotatable bonds is 5. The van der Waals surface area contributed by atoms with Gasteiger partial charge in [-0.05, 0) is 24.6 Å². The molecule has 2 aromatic rings. The first kappa shape index (κ1) is 15.0. The van der Waals surface area contributed by atoms with Crippen LogP contribution in [0.3, 0.4) is 0 Å². The monoisotopic (exact) mass is 313 g/mol. The average molecular weight is 314 g/mol. The van der Waals surface area contributed by atoms with Gasteiger partial charge in [0.05, 0.1) is 35.8 Å². The smallest absolute Gasteiger partial charge is 0.142 e. The maximum absolute atomic E-state index is 6.32. The van der Waals surface area contributed by atoms with E-state index in [0.717, 1.165) is 29.2 Å². The molecule has 0 saturated heterocycles. The Bertz CT molecular complexity index is 611. The summed E-state index contributed by atoms with van der Waals surface area (Å²) in [6, 6.07) is 5.44. The number of aromatic nitrogens is 2. The zero-order chi connectivity index (χ0) is 14.7. The van der Waals surface area contributed by atoms with Crippen LogP contribution in [-0.4, -0.2) is 16.9 Å². The molecule has 1 N–H and O–H groups in total.